The molecule has 0 saturated carbocycles. The third-order valence-electron chi connectivity index (χ3n) is 6.30. The Labute approximate surface area is 221 Å². The molecule has 0 bridgehead atoms. The van der Waals surface area contributed by atoms with E-state index in [0.717, 1.165) is 17.0 Å². The first kappa shape index (κ1) is 27.8. The van der Waals surface area contributed by atoms with Crippen molar-refractivity contribution in [1.82, 2.24) is 4.72 Å². The summed E-state index contributed by atoms with van der Waals surface area (Å²) in [4.78, 5) is 38.4. The lowest BCUT2D eigenvalue weighted by Crippen LogP contribution is -2.66. The Morgan fingerprint density at radius 1 is 1.00 bits per heavy atom. The number of nitrogens with zero attached hydrogens (tertiary/aromatic N) is 1. The number of hydrogen-bond acceptors (Lipinski definition) is 5. The van der Waals surface area contributed by atoms with Gasteiger partial charge in [0.15, 0.2) is 5.78 Å². The maximum Gasteiger partial charge on any atom is 0.421 e. The van der Waals surface area contributed by atoms with E-state index < -0.39 is 55.2 Å². The molecule has 202 valence electrons. The van der Waals surface area contributed by atoms with E-state index in [4.69, 9.17) is 11.6 Å². The first-order valence-electron chi connectivity index (χ1n) is 11.3. The minimum atomic E-state index is -5.52. The lowest BCUT2D eigenvalue weighted by atomic mass is 9.72. The molecule has 2 aliphatic rings. The zero-order valence-electron chi connectivity index (χ0n) is 20.4. The van der Waals surface area contributed by atoms with Crippen LogP contribution in [0.5, 0.6) is 0 Å². The summed E-state index contributed by atoms with van der Waals surface area (Å²) < 4.78 is 73.1. The van der Waals surface area contributed by atoms with E-state index in [9.17, 15) is 36.0 Å². The van der Waals surface area contributed by atoms with Gasteiger partial charge in [-0.25, -0.2) is 8.42 Å². The molecule has 0 fully saturated rings. The van der Waals surface area contributed by atoms with Gasteiger partial charge in [0.2, 0.25) is 21.5 Å². The van der Waals surface area contributed by atoms with Crippen LogP contribution < -0.4 is 14.9 Å². The van der Waals surface area contributed by atoms with Crippen molar-refractivity contribution in [3.05, 3.63) is 64.8 Å². The first-order valence-corrected chi connectivity index (χ1v) is 13.2. The number of benzene rings is 2. The molecule has 2 N–H and O–H groups in total. The van der Waals surface area contributed by atoms with Gasteiger partial charge in [0.1, 0.15) is 0 Å². The molecule has 0 saturated heterocycles. The molecule has 38 heavy (non-hydrogen) atoms. The highest BCUT2D eigenvalue weighted by Crippen LogP contribution is 2.53. The quantitative estimate of drug-likeness (QED) is 0.548. The highest BCUT2D eigenvalue weighted by atomic mass is 35.5. The summed E-state index contributed by atoms with van der Waals surface area (Å²) in [5.41, 5.74) is -5.60. The fourth-order valence-corrected chi connectivity index (χ4v) is 6.21. The molecule has 2 amide bonds. The molecule has 0 spiro atoms. The molecule has 4 rings (SSSR count). The van der Waals surface area contributed by atoms with Gasteiger partial charge in [0, 0.05) is 35.4 Å². The Morgan fingerprint density at radius 3 is 2.11 bits per heavy atom. The first-order chi connectivity index (χ1) is 17.5. The van der Waals surface area contributed by atoms with Crippen molar-refractivity contribution >= 4 is 50.6 Å². The van der Waals surface area contributed by atoms with Gasteiger partial charge in [0.05, 0.1) is 10.5 Å². The van der Waals surface area contributed by atoms with E-state index in [1.807, 2.05) is 0 Å². The maximum atomic E-state index is 15.0. The molecule has 1 atom stereocenters. The summed E-state index contributed by atoms with van der Waals surface area (Å²) in [6.45, 7) is 4.58. The van der Waals surface area contributed by atoms with Crippen LogP contribution in [0, 0.1) is 5.41 Å². The number of hydrogen-bond donors (Lipinski definition) is 2. The maximum absolute atomic E-state index is 15.0. The van der Waals surface area contributed by atoms with Gasteiger partial charge < -0.3 is 5.32 Å². The standard InChI is InChI=1S/C25H23ClF3N3O5S/c1-14(33)30-16-6-10-18(11-7-16)38(36,37)31-24(25(27,28)29)21-19(12-23(2,3)13-20(21)34)32(22(24)35)17-8-4-15(26)5-9-17/h4-11,31H,12-13H2,1-3H3,(H,30,33)/t24-/m0/s1. The average Bonchev–Trinajstić information content (AvgIpc) is 3.01. The van der Waals surface area contributed by atoms with Gasteiger partial charge in [-0.3, -0.25) is 19.3 Å². The van der Waals surface area contributed by atoms with Gasteiger partial charge in [-0.2, -0.15) is 17.9 Å². The van der Waals surface area contributed by atoms with E-state index in [1.165, 1.54) is 43.3 Å². The monoisotopic (exact) mass is 569 g/mol. The number of sulfonamides is 1. The Bertz CT molecular complexity index is 1470. The van der Waals surface area contributed by atoms with Gasteiger partial charge in [0.25, 0.3) is 5.91 Å². The molecule has 0 unspecified atom stereocenters. The molecular weight excluding hydrogens is 547 g/mol. The minimum Gasteiger partial charge on any atom is -0.326 e. The van der Waals surface area contributed by atoms with Crippen LogP contribution in [-0.2, 0) is 24.4 Å². The zero-order chi connectivity index (χ0) is 28.3. The fraction of sp³-hybridized carbons (Fsp3) is 0.320. The average molecular weight is 570 g/mol. The normalized spacial score (nSPS) is 21.5. The van der Waals surface area contributed by atoms with Gasteiger partial charge in [-0.05, 0) is 60.4 Å². The lowest BCUT2D eigenvalue weighted by molar-refractivity contribution is -0.184. The number of allylic oxidation sites excluding steroid dienone is 1. The third-order valence-corrected chi connectivity index (χ3v) is 8.02. The molecule has 2 aromatic carbocycles. The fourth-order valence-electron chi connectivity index (χ4n) is 4.76. The molecular formula is C25H23ClF3N3O5S. The van der Waals surface area contributed by atoms with Gasteiger partial charge in [-0.15, -0.1) is 0 Å². The Balaban J connectivity index is 1.91. The molecule has 0 aromatic heterocycles. The highest BCUT2D eigenvalue weighted by Gasteiger charge is 2.72. The number of amides is 2. The Kier molecular flexibility index (Phi) is 6.74. The summed E-state index contributed by atoms with van der Waals surface area (Å²) in [5.74, 6) is -3.09. The molecule has 1 aliphatic heterocycles. The second-order valence-corrected chi connectivity index (χ2v) is 12.1. The van der Waals surface area contributed by atoms with Crippen molar-refractivity contribution in [2.24, 2.45) is 5.41 Å². The Morgan fingerprint density at radius 2 is 1.58 bits per heavy atom. The van der Waals surface area contributed by atoms with Crippen molar-refractivity contribution in [1.29, 1.82) is 0 Å². The molecule has 2 aromatic rings. The van der Waals surface area contributed by atoms with Crippen molar-refractivity contribution in [2.75, 3.05) is 10.2 Å². The predicted molar refractivity (Wildman–Crippen MR) is 134 cm³/mol. The number of Topliss-reactive ketones (excluding diaryl/α,β-unsaturated/α-hetero) is 1. The van der Waals surface area contributed by atoms with Crippen molar-refractivity contribution in [3.8, 4) is 0 Å². The second-order valence-electron chi connectivity index (χ2n) is 9.94. The molecule has 8 nitrogen and oxygen atoms in total. The summed E-state index contributed by atoms with van der Waals surface area (Å²) in [6, 6.07) is 9.71. The number of carbonyl (C=O) groups excluding carboxylic acids is 3. The van der Waals surface area contributed by atoms with Gasteiger partial charge >= 0.3 is 6.18 Å². The number of anilines is 2. The summed E-state index contributed by atoms with van der Waals surface area (Å²) in [6.07, 6.45) is -5.93. The third kappa shape index (κ3) is 4.72. The van der Waals surface area contributed by atoms with E-state index in [0.29, 0.717) is 0 Å². The van der Waals surface area contributed by atoms with Crippen LogP contribution in [0.15, 0.2) is 64.7 Å². The Hall–Kier alpha value is -3.22. The van der Waals surface area contributed by atoms with Crippen molar-refractivity contribution < 1.29 is 36.0 Å². The van der Waals surface area contributed by atoms with E-state index >= 15 is 0 Å². The number of nitrogens with one attached hydrogen (secondary N) is 2. The smallest absolute Gasteiger partial charge is 0.326 e. The van der Waals surface area contributed by atoms with E-state index in [1.54, 1.807) is 18.6 Å². The van der Waals surface area contributed by atoms with Crippen molar-refractivity contribution in [3.63, 3.8) is 0 Å². The second kappa shape index (κ2) is 9.21. The SMILES string of the molecule is CC(=O)Nc1ccc(S(=O)(=O)N[C@]2(C(F)(F)F)C(=O)N(c3ccc(Cl)cc3)C3=C2C(=O)CC(C)(C)C3)cc1. The van der Waals surface area contributed by atoms with Crippen molar-refractivity contribution in [2.45, 2.75) is 50.2 Å². The largest absolute Gasteiger partial charge is 0.421 e. The summed E-state index contributed by atoms with van der Waals surface area (Å²) in [7, 11) is -5.02. The number of alkyl halides is 3. The molecule has 1 aliphatic carbocycles. The van der Waals surface area contributed by atoms with Crippen LogP contribution in [0.3, 0.4) is 0 Å². The predicted octanol–water partition coefficient (Wildman–Crippen LogP) is 4.57. The van der Waals surface area contributed by atoms with Crippen LogP contribution >= 0.6 is 11.6 Å². The van der Waals surface area contributed by atoms with Crippen LogP contribution in [0.25, 0.3) is 0 Å². The van der Waals surface area contributed by atoms with Crippen LogP contribution in [0.1, 0.15) is 33.6 Å². The summed E-state index contributed by atoms with van der Waals surface area (Å²) in [5, 5.41) is 2.68. The minimum absolute atomic E-state index is 0.00221. The number of rotatable bonds is 5. The molecule has 1 heterocycles. The van der Waals surface area contributed by atoms with Crippen LogP contribution in [-0.4, -0.2) is 37.7 Å². The number of ketones is 1. The lowest BCUT2D eigenvalue weighted by Gasteiger charge is -2.35. The molecule has 0 radical (unpaired) electrons. The topological polar surface area (TPSA) is 113 Å². The van der Waals surface area contributed by atoms with E-state index in [2.05, 4.69) is 5.32 Å². The zero-order valence-corrected chi connectivity index (χ0v) is 22.0. The summed E-state index contributed by atoms with van der Waals surface area (Å²) >= 11 is 5.92. The highest BCUT2D eigenvalue weighted by molar-refractivity contribution is 7.89. The number of carbonyl (C=O) groups is 3. The van der Waals surface area contributed by atoms with E-state index in [-0.39, 0.29) is 34.9 Å². The molecule has 13 heteroatoms. The van der Waals surface area contributed by atoms with Crippen LogP contribution in [0.2, 0.25) is 5.02 Å². The van der Waals surface area contributed by atoms with Gasteiger partial charge in [-0.1, -0.05) is 25.4 Å². The number of halogens is 4. The van der Waals surface area contributed by atoms with Crippen LogP contribution in [0.4, 0.5) is 24.5 Å².